The average molecular weight is 849 g/mol. The van der Waals surface area contributed by atoms with Crippen LogP contribution in [-0.4, -0.2) is 141 Å². The summed E-state index contributed by atoms with van der Waals surface area (Å²) in [6.07, 6.45) is -1.31. The lowest BCUT2D eigenvalue weighted by Gasteiger charge is -2.73. The van der Waals surface area contributed by atoms with Crippen LogP contribution < -0.4 is 0 Å². The number of fused-ring (bicyclic) bond motifs is 4. The van der Waals surface area contributed by atoms with Crippen LogP contribution in [0.15, 0.2) is 24.3 Å². The predicted molar refractivity (Wildman–Crippen MR) is 216 cm³/mol. The molecular formula is C46H72O14. The van der Waals surface area contributed by atoms with E-state index in [0.29, 0.717) is 19.4 Å². The highest BCUT2D eigenvalue weighted by atomic mass is 16.7. The van der Waals surface area contributed by atoms with E-state index >= 15 is 0 Å². The molecule has 8 rings (SSSR count). The van der Waals surface area contributed by atoms with Crippen molar-refractivity contribution >= 4 is 5.97 Å². The SMILES string of the molecule is C/C=C/C(=O)OC[C@H]1O[C@@H](O[C@H]2[C@@H](O)[C@@H](C)O[C@@H](O[C@H]3CC[C@@]4(C)[C@@H](CC[C@]5(C)[C@@H]4C=C[C@]46OC[C@@]7(CCC(C)(C)C[C@H]74)[C@@H](O)C[C@]65C)[C@]3(C)CO)[C@@H]2O)[C@H](O)[C@@H](O)[C@@H]1O. The van der Waals surface area contributed by atoms with Crippen molar-refractivity contribution in [2.45, 2.75) is 186 Å². The molecule has 7 fully saturated rings. The van der Waals surface area contributed by atoms with Crippen LogP contribution in [0.3, 0.4) is 0 Å². The molecule has 0 amide bonds. The number of carbonyl (C=O) groups is 1. The molecule has 5 aliphatic carbocycles. The Kier molecular flexibility index (Phi) is 11.5. The van der Waals surface area contributed by atoms with E-state index in [1.54, 1.807) is 13.8 Å². The van der Waals surface area contributed by atoms with E-state index in [9.17, 15) is 40.5 Å². The van der Waals surface area contributed by atoms with Crippen LogP contribution in [0.1, 0.15) is 107 Å². The lowest BCUT2D eigenvalue weighted by Crippen LogP contribution is -2.72. The first-order valence-corrected chi connectivity index (χ1v) is 22.5. The largest absolute Gasteiger partial charge is 0.460 e. The Labute approximate surface area is 354 Å². The molecular weight excluding hydrogens is 776 g/mol. The summed E-state index contributed by atoms with van der Waals surface area (Å²) in [6, 6.07) is 0. The van der Waals surface area contributed by atoms with Gasteiger partial charge in [0.25, 0.3) is 0 Å². The third kappa shape index (κ3) is 6.35. The first-order chi connectivity index (χ1) is 28.1. The predicted octanol–water partition coefficient (Wildman–Crippen LogP) is 2.90. The molecule has 3 saturated heterocycles. The third-order valence-electron chi connectivity index (χ3n) is 18.4. The molecule has 0 unspecified atom stereocenters. The molecule has 2 bridgehead atoms. The number of hydrogen-bond acceptors (Lipinski definition) is 14. The van der Waals surface area contributed by atoms with E-state index in [1.807, 2.05) is 0 Å². The van der Waals surface area contributed by atoms with E-state index in [-0.39, 0.29) is 51.4 Å². The van der Waals surface area contributed by atoms with Crippen LogP contribution >= 0.6 is 0 Å². The number of ether oxygens (including phenoxy) is 6. The third-order valence-corrected chi connectivity index (χ3v) is 18.4. The van der Waals surface area contributed by atoms with Crippen LogP contribution in [0.5, 0.6) is 0 Å². The van der Waals surface area contributed by atoms with Crippen LogP contribution in [0, 0.1) is 50.2 Å². The highest BCUT2D eigenvalue weighted by Gasteiger charge is 2.79. The van der Waals surface area contributed by atoms with Crippen molar-refractivity contribution in [3.63, 3.8) is 0 Å². The number of aliphatic hydroxyl groups is 7. The topological polar surface area (TPSA) is 214 Å². The maximum absolute atomic E-state index is 12.2. The molecule has 14 nitrogen and oxygen atoms in total. The zero-order valence-electron chi connectivity index (χ0n) is 36.7. The quantitative estimate of drug-likeness (QED) is 0.0811. The van der Waals surface area contributed by atoms with Crippen molar-refractivity contribution in [1.82, 2.24) is 0 Å². The molecule has 1 spiro atoms. The fourth-order valence-electron chi connectivity index (χ4n) is 14.6. The maximum atomic E-state index is 12.2. The molecule has 4 saturated carbocycles. The zero-order chi connectivity index (χ0) is 43.6. The summed E-state index contributed by atoms with van der Waals surface area (Å²) in [5.41, 5.74) is -2.01. The molecule has 0 radical (unpaired) electrons. The lowest BCUT2D eigenvalue weighted by atomic mass is 9.32. The Morgan fingerprint density at radius 1 is 0.817 bits per heavy atom. The minimum Gasteiger partial charge on any atom is -0.460 e. The van der Waals surface area contributed by atoms with Gasteiger partial charge in [-0.1, -0.05) is 59.8 Å². The van der Waals surface area contributed by atoms with Crippen LogP contribution in [0.4, 0.5) is 0 Å². The molecule has 60 heavy (non-hydrogen) atoms. The van der Waals surface area contributed by atoms with Gasteiger partial charge in [0.15, 0.2) is 12.6 Å². The first-order valence-electron chi connectivity index (χ1n) is 22.5. The van der Waals surface area contributed by atoms with Crippen molar-refractivity contribution in [1.29, 1.82) is 0 Å². The molecule has 3 heterocycles. The normalized spacial score (nSPS) is 55.7. The van der Waals surface area contributed by atoms with Gasteiger partial charge in [0.1, 0.15) is 49.3 Å². The summed E-state index contributed by atoms with van der Waals surface area (Å²) >= 11 is 0. The highest BCUT2D eigenvalue weighted by Crippen LogP contribution is 2.79. The van der Waals surface area contributed by atoms with Crippen LogP contribution in [0.25, 0.3) is 0 Å². The molecule has 14 heteroatoms. The van der Waals surface area contributed by atoms with Crippen molar-refractivity contribution in [2.75, 3.05) is 19.8 Å². The van der Waals surface area contributed by atoms with Gasteiger partial charge in [0, 0.05) is 28.2 Å². The van der Waals surface area contributed by atoms with Crippen molar-refractivity contribution in [3.05, 3.63) is 24.3 Å². The van der Waals surface area contributed by atoms with Gasteiger partial charge < -0.3 is 64.2 Å². The summed E-state index contributed by atoms with van der Waals surface area (Å²) < 4.78 is 36.8. The molecule has 7 N–H and O–H groups in total. The maximum Gasteiger partial charge on any atom is 0.330 e. The van der Waals surface area contributed by atoms with Crippen molar-refractivity contribution < 1.29 is 69.0 Å². The van der Waals surface area contributed by atoms with E-state index in [2.05, 4.69) is 53.7 Å². The summed E-state index contributed by atoms with van der Waals surface area (Å²) in [6.45, 7) is 17.2. The lowest BCUT2D eigenvalue weighted by molar-refractivity contribution is -0.367. The van der Waals surface area contributed by atoms with Gasteiger partial charge in [0.05, 0.1) is 37.1 Å². The highest BCUT2D eigenvalue weighted by molar-refractivity contribution is 5.81. The number of carbonyl (C=O) groups excluding carboxylic acids is 1. The Hall–Kier alpha value is -1.53. The second kappa shape index (κ2) is 15.3. The zero-order valence-corrected chi connectivity index (χ0v) is 36.7. The average Bonchev–Trinajstić information content (AvgIpc) is 3.47. The van der Waals surface area contributed by atoms with Gasteiger partial charge in [0.2, 0.25) is 0 Å². The fourth-order valence-corrected chi connectivity index (χ4v) is 14.6. The van der Waals surface area contributed by atoms with Crippen molar-refractivity contribution in [2.24, 2.45) is 50.2 Å². The Balaban J connectivity index is 1.02. The molecule has 340 valence electrons. The summed E-state index contributed by atoms with van der Waals surface area (Å²) in [5.74, 6) is -0.292. The van der Waals surface area contributed by atoms with E-state index in [4.69, 9.17) is 28.4 Å². The van der Waals surface area contributed by atoms with Gasteiger partial charge in [-0.2, -0.15) is 0 Å². The molecule has 3 aliphatic heterocycles. The number of rotatable bonds is 8. The first kappa shape index (κ1) is 45.1. The van der Waals surface area contributed by atoms with Gasteiger partial charge in [-0.3, -0.25) is 0 Å². The number of hydrogen-bond donors (Lipinski definition) is 7. The van der Waals surface area contributed by atoms with Gasteiger partial charge in [-0.05, 0) is 93.3 Å². The minimum atomic E-state index is -1.77. The number of aliphatic hydroxyl groups excluding tert-OH is 7. The van der Waals surface area contributed by atoms with E-state index in [1.165, 1.54) is 12.2 Å². The molecule has 0 aromatic heterocycles. The summed E-state index contributed by atoms with van der Waals surface area (Å²) in [5, 5.41) is 78.6. The van der Waals surface area contributed by atoms with Crippen LogP contribution in [0.2, 0.25) is 0 Å². The Morgan fingerprint density at radius 3 is 2.23 bits per heavy atom. The second-order valence-corrected chi connectivity index (χ2v) is 21.9. The number of esters is 1. The molecule has 8 aliphatic rings. The van der Waals surface area contributed by atoms with E-state index in [0.717, 1.165) is 38.5 Å². The smallest absolute Gasteiger partial charge is 0.330 e. The fraction of sp³-hybridized carbons (Fsp3) is 0.891. The molecule has 0 aromatic rings. The van der Waals surface area contributed by atoms with Crippen molar-refractivity contribution in [3.8, 4) is 0 Å². The summed E-state index contributed by atoms with van der Waals surface area (Å²) in [7, 11) is 0. The Morgan fingerprint density at radius 2 is 1.53 bits per heavy atom. The Bertz CT molecular complexity index is 1690. The molecule has 21 atom stereocenters. The van der Waals surface area contributed by atoms with Gasteiger partial charge in [-0.25, -0.2) is 4.79 Å². The number of allylic oxidation sites excluding steroid dienone is 2. The van der Waals surface area contributed by atoms with Crippen LogP contribution in [-0.2, 0) is 33.2 Å². The summed E-state index contributed by atoms with van der Waals surface area (Å²) in [4.78, 5) is 11.9. The standard InChI is InChI=1S/C46H72O14/c1-9-10-31(49)55-21-25-33(51)34(52)35(53)38(58-25)60-37-32(50)24(2)57-39(36(37)54)59-30-13-14-41(5)26(42(30,6)22-47)11-15-43(7)27(41)12-16-46-28-19-40(3,4)17-18-45(28,23-56-46)29(48)20-44(43,46)8/h9-10,12,16,24-30,32-39,47-48,50-54H,11,13-15,17-23H2,1-8H3/b10-9+/t24-,25-,26-,27-,28-,29+,30+,32+,33-,34+,35-,36-,37+,38+,39+,41+,42+,43-,44+,45-,46+/m1/s1. The van der Waals surface area contributed by atoms with Gasteiger partial charge >= 0.3 is 5.97 Å². The molecule has 0 aromatic carbocycles. The van der Waals surface area contributed by atoms with Gasteiger partial charge in [-0.15, -0.1) is 0 Å². The van der Waals surface area contributed by atoms with E-state index < -0.39 is 97.2 Å². The minimum absolute atomic E-state index is 0.0215. The monoisotopic (exact) mass is 848 g/mol. The second-order valence-electron chi connectivity index (χ2n) is 21.9.